The Morgan fingerprint density at radius 1 is 1.23 bits per heavy atom. The van der Waals surface area contributed by atoms with Gasteiger partial charge in [0.15, 0.2) is 0 Å². The van der Waals surface area contributed by atoms with E-state index in [1.807, 2.05) is 0 Å². The molecule has 0 bridgehead atoms. The van der Waals surface area contributed by atoms with Crippen molar-refractivity contribution in [3.63, 3.8) is 0 Å². The Balaban J connectivity index is 1.87. The number of nitrogen functional groups attached to an aromatic ring is 1. The Morgan fingerprint density at radius 2 is 2.05 bits per heavy atom. The summed E-state index contributed by atoms with van der Waals surface area (Å²) in [5.41, 5.74) is 5.57. The van der Waals surface area contributed by atoms with E-state index in [0.29, 0.717) is 24.9 Å². The van der Waals surface area contributed by atoms with E-state index in [4.69, 9.17) is 5.73 Å². The number of carbonyl (C=O) groups is 1. The minimum Gasteiger partial charge on any atom is -0.368 e. The van der Waals surface area contributed by atoms with Gasteiger partial charge >= 0.3 is 0 Å². The zero-order valence-corrected chi connectivity index (χ0v) is 12.3. The first-order valence-electron chi connectivity index (χ1n) is 6.53. The van der Waals surface area contributed by atoms with Crippen molar-refractivity contribution in [2.45, 2.75) is 0 Å². The number of amides is 1. The van der Waals surface area contributed by atoms with E-state index in [1.165, 1.54) is 0 Å². The zero-order chi connectivity index (χ0) is 15.9. The maximum absolute atomic E-state index is 12.0. The first kappa shape index (κ1) is 15.4. The van der Waals surface area contributed by atoms with Crippen LogP contribution in [0.15, 0.2) is 18.6 Å². The number of nitrogens with zero attached hydrogens (tertiary/aromatic N) is 6. The van der Waals surface area contributed by atoms with Gasteiger partial charge in [-0.2, -0.15) is 15.0 Å². The molecule has 0 unspecified atom stereocenters. The predicted molar refractivity (Wildman–Crippen MR) is 81.4 cm³/mol. The van der Waals surface area contributed by atoms with Crippen LogP contribution in [0, 0.1) is 0 Å². The van der Waals surface area contributed by atoms with Crippen LogP contribution in [0.4, 0.5) is 17.7 Å². The second-order valence-electron chi connectivity index (χ2n) is 4.48. The fourth-order valence-electron chi connectivity index (χ4n) is 1.52. The SMILES string of the molecule is CN(C)c1nc(N)nc(C(=O)NCCNc2cnccn2)n1. The minimum absolute atomic E-state index is 0.00142. The fourth-order valence-corrected chi connectivity index (χ4v) is 1.52. The van der Waals surface area contributed by atoms with Gasteiger partial charge in [-0.3, -0.25) is 9.78 Å². The second-order valence-corrected chi connectivity index (χ2v) is 4.48. The van der Waals surface area contributed by atoms with E-state index in [2.05, 4.69) is 35.6 Å². The lowest BCUT2D eigenvalue weighted by molar-refractivity contribution is 0.0944. The van der Waals surface area contributed by atoms with Crippen molar-refractivity contribution in [3.8, 4) is 0 Å². The van der Waals surface area contributed by atoms with Gasteiger partial charge in [0.05, 0.1) is 6.20 Å². The molecule has 0 aliphatic heterocycles. The zero-order valence-electron chi connectivity index (χ0n) is 12.3. The number of aromatic nitrogens is 5. The van der Waals surface area contributed by atoms with Gasteiger partial charge < -0.3 is 21.3 Å². The number of carbonyl (C=O) groups excluding carboxylic acids is 1. The molecule has 0 atom stereocenters. The largest absolute Gasteiger partial charge is 0.368 e. The first-order valence-corrected chi connectivity index (χ1v) is 6.53. The Hall–Kier alpha value is -3.04. The summed E-state index contributed by atoms with van der Waals surface area (Å²) in [6.07, 6.45) is 4.76. The molecule has 0 aliphatic rings. The van der Waals surface area contributed by atoms with Crippen LogP contribution < -0.4 is 21.3 Å². The minimum atomic E-state index is -0.418. The number of hydrogen-bond acceptors (Lipinski definition) is 9. The van der Waals surface area contributed by atoms with E-state index in [9.17, 15) is 4.79 Å². The molecule has 2 aromatic heterocycles. The molecule has 2 rings (SSSR count). The average molecular weight is 303 g/mol. The molecule has 10 heteroatoms. The number of nitrogens with two attached hydrogens (primary N) is 1. The predicted octanol–water partition coefficient (Wildman–Crippen LogP) is -0.848. The molecule has 116 valence electrons. The fraction of sp³-hybridized carbons (Fsp3) is 0.333. The van der Waals surface area contributed by atoms with Crippen molar-refractivity contribution in [1.29, 1.82) is 0 Å². The monoisotopic (exact) mass is 303 g/mol. The molecule has 0 saturated heterocycles. The van der Waals surface area contributed by atoms with Crippen LogP contribution in [0.25, 0.3) is 0 Å². The highest BCUT2D eigenvalue weighted by molar-refractivity contribution is 5.90. The Labute approximate surface area is 127 Å². The summed E-state index contributed by atoms with van der Waals surface area (Å²) in [5, 5.41) is 5.70. The summed E-state index contributed by atoms with van der Waals surface area (Å²) in [6.45, 7) is 0.865. The summed E-state index contributed by atoms with van der Waals surface area (Å²) in [4.78, 5) is 33.4. The lowest BCUT2D eigenvalue weighted by atomic mass is 10.5. The molecule has 4 N–H and O–H groups in total. The Bertz CT molecular complexity index is 632. The third kappa shape index (κ3) is 4.23. The quantitative estimate of drug-likeness (QED) is 0.583. The smallest absolute Gasteiger partial charge is 0.289 e. The van der Waals surface area contributed by atoms with Gasteiger partial charge in [-0.15, -0.1) is 0 Å². The molecule has 22 heavy (non-hydrogen) atoms. The number of nitrogens with one attached hydrogen (secondary N) is 2. The van der Waals surface area contributed by atoms with Gasteiger partial charge in [0, 0.05) is 39.6 Å². The summed E-state index contributed by atoms with van der Waals surface area (Å²) < 4.78 is 0. The Kier molecular flexibility index (Phi) is 4.96. The summed E-state index contributed by atoms with van der Waals surface area (Å²) in [5.74, 6) is 0.529. The van der Waals surface area contributed by atoms with E-state index < -0.39 is 5.91 Å². The van der Waals surface area contributed by atoms with Crippen LogP contribution in [0.5, 0.6) is 0 Å². The van der Waals surface area contributed by atoms with Crippen molar-refractivity contribution in [1.82, 2.24) is 30.2 Å². The molecule has 0 saturated carbocycles. The first-order chi connectivity index (χ1) is 10.6. The normalized spacial score (nSPS) is 10.1. The summed E-state index contributed by atoms with van der Waals surface area (Å²) in [7, 11) is 3.50. The number of anilines is 3. The van der Waals surface area contributed by atoms with E-state index in [-0.39, 0.29) is 11.8 Å². The van der Waals surface area contributed by atoms with Crippen LogP contribution >= 0.6 is 0 Å². The molecule has 0 fully saturated rings. The molecular formula is C12H17N9O. The van der Waals surface area contributed by atoms with Gasteiger partial charge in [0.1, 0.15) is 5.82 Å². The lowest BCUT2D eigenvalue weighted by Gasteiger charge is -2.11. The highest BCUT2D eigenvalue weighted by Gasteiger charge is 2.13. The average Bonchev–Trinajstić information content (AvgIpc) is 2.51. The van der Waals surface area contributed by atoms with Crippen molar-refractivity contribution in [3.05, 3.63) is 24.4 Å². The molecule has 0 aliphatic carbocycles. The molecule has 2 heterocycles. The van der Waals surface area contributed by atoms with E-state index in [1.54, 1.807) is 37.6 Å². The molecule has 2 aromatic rings. The molecule has 10 nitrogen and oxygen atoms in total. The van der Waals surface area contributed by atoms with Crippen LogP contribution in [0.1, 0.15) is 10.6 Å². The van der Waals surface area contributed by atoms with E-state index in [0.717, 1.165) is 0 Å². The maximum Gasteiger partial charge on any atom is 0.289 e. The van der Waals surface area contributed by atoms with Crippen LogP contribution in [0.3, 0.4) is 0 Å². The number of hydrogen-bond donors (Lipinski definition) is 3. The molecule has 1 amide bonds. The maximum atomic E-state index is 12.0. The Morgan fingerprint density at radius 3 is 2.73 bits per heavy atom. The van der Waals surface area contributed by atoms with Gasteiger partial charge in [-0.05, 0) is 0 Å². The molecule has 0 aromatic carbocycles. The van der Waals surface area contributed by atoms with Gasteiger partial charge in [0.25, 0.3) is 5.91 Å². The van der Waals surface area contributed by atoms with Crippen molar-refractivity contribution in [2.24, 2.45) is 0 Å². The number of rotatable bonds is 6. The highest BCUT2D eigenvalue weighted by atomic mass is 16.2. The standard InChI is InChI=1S/C12H17N9O/c1-21(2)12-19-9(18-11(13)20-12)10(22)17-6-5-16-8-7-14-3-4-15-8/h3-4,7H,5-6H2,1-2H3,(H,15,16)(H,17,22)(H2,13,18,19,20). The van der Waals surface area contributed by atoms with E-state index >= 15 is 0 Å². The third-order valence-corrected chi connectivity index (χ3v) is 2.52. The summed E-state index contributed by atoms with van der Waals surface area (Å²) in [6, 6.07) is 0. The van der Waals surface area contributed by atoms with Crippen molar-refractivity contribution >= 4 is 23.6 Å². The van der Waals surface area contributed by atoms with Crippen LogP contribution in [0.2, 0.25) is 0 Å². The van der Waals surface area contributed by atoms with Gasteiger partial charge in [-0.25, -0.2) is 4.98 Å². The van der Waals surface area contributed by atoms with Crippen LogP contribution in [-0.4, -0.2) is 58.0 Å². The molecule has 0 spiro atoms. The van der Waals surface area contributed by atoms with Crippen molar-refractivity contribution < 1.29 is 4.79 Å². The second kappa shape index (κ2) is 7.11. The molecule has 0 radical (unpaired) electrons. The third-order valence-electron chi connectivity index (χ3n) is 2.52. The highest BCUT2D eigenvalue weighted by Crippen LogP contribution is 2.05. The van der Waals surface area contributed by atoms with Crippen molar-refractivity contribution in [2.75, 3.05) is 43.1 Å². The van der Waals surface area contributed by atoms with Gasteiger partial charge in [-0.1, -0.05) is 0 Å². The van der Waals surface area contributed by atoms with Gasteiger partial charge in [0.2, 0.25) is 17.7 Å². The lowest BCUT2D eigenvalue weighted by Crippen LogP contribution is -2.31. The summed E-state index contributed by atoms with van der Waals surface area (Å²) >= 11 is 0. The van der Waals surface area contributed by atoms with Crippen LogP contribution in [-0.2, 0) is 0 Å². The molecular weight excluding hydrogens is 286 g/mol. The topological polar surface area (TPSA) is 135 Å².